The summed E-state index contributed by atoms with van der Waals surface area (Å²) in [6.07, 6.45) is 0.839. The quantitative estimate of drug-likeness (QED) is 0.772. The number of nitrogens with two attached hydrogens (primary N) is 1. The van der Waals surface area contributed by atoms with Crippen LogP contribution in [0, 0.1) is 23.5 Å². The van der Waals surface area contributed by atoms with E-state index >= 15 is 0 Å². The first-order valence-corrected chi connectivity index (χ1v) is 12.2. The molecular formula is C21H31F2N3O3S. The van der Waals surface area contributed by atoms with Crippen LogP contribution in [0.1, 0.15) is 38.4 Å². The molecule has 3 aliphatic rings. The lowest BCUT2D eigenvalue weighted by atomic mass is 9.90. The first-order chi connectivity index (χ1) is 14.2. The molecule has 0 amide bonds. The summed E-state index contributed by atoms with van der Waals surface area (Å²) >= 11 is 0. The second-order valence-corrected chi connectivity index (χ2v) is 11.7. The van der Waals surface area contributed by atoms with Crippen molar-refractivity contribution >= 4 is 10.0 Å². The van der Waals surface area contributed by atoms with Gasteiger partial charge in [-0.1, -0.05) is 0 Å². The number of ether oxygens (including phenoxy) is 1. The molecule has 30 heavy (non-hydrogen) atoms. The Balaban J connectivity index is 1.39. The number of halogens is 2. The molecule has 9 heteroatoms. The lowest BCUT2D eigenvalue weighted by Crippen LogP contribution is -2.49. The van der Waals surface area contributed by atoms with Gasteiger partial charge in [0, 0.05) is 43.8 Å². The summed E-state index contributed by atoms with van der Waals surface area (Å²) in [7, 11) is -3.23. The molecule has 1 aromatic carbocycles. The van der Waals surface area contributed by atoms with Crippen molar-refractivity contribution in [2.45, 2.75) is 50.1 Å². The van der Waals surface area contributed by atoms with Crippen LogP contribution >= 0.6 is 0 Å². The van der Waals surface area contributed by atoms with Crippen molar-refractivity contribution in [3.8, 4) is 0 Å². The molecule has 2 N–H and O–H groups in total. The standard InChI is InChI=1S/C21H31F2N3O3S/c1-13(2)30(27,28)26-6-5-14-9-25(10-15(14)11-26)17-8-20(24)21(29-12-17)18-7-16(22)3-4-19(18)23/h3-4,7,13-15,17,20-21H,5-6,8-12,24H2,1-2H3/t14?,15?,17-,20+,21-/m1/s1. The molecule has 0 saturated carbocycles. The zero-order chi connectivity index (χ0) is 21.6. The number of fused-ring (bicyclic) bond motifs is 1. The third-order valence-corrected chi connectivity index (χ3v) is 9.17. The second-order valence-electron chi connectivity index (χ2n) is 9.19. The smallest absolute Gasteiger partial charge is 0.216 e. The predicted octanol–water partition coefficient (Wildman–Crippen LogP) is 2.11. The third kappa shape index (κ3) is 4.14. The van der Waals surface area contributed by atoms with Crippen LogP contribution in [-0.2, 0) is 14.8 Å². The van der Waals surface area contributed by atoms with Gasteiger partial charge in [0.05, 0.1) is 11.9 Å². The minimum atomic E-state index is -3.23. The van der Waals surface area contributed by atoms with Gasteiger partial charge >= 0.3 is 0 Å². The van der Waals surface area contributed by atoms with Gasteiger partial charge in [0.15, 0.2) is 0 Å². The summed E-state index contributed by atoms with van der Waals surface area (Å²) in [6.45, 7) is 6.72. The fourth-order valence-electron chi connectivity index (χ4n) is 5.15. The highest BCUT2D eigenvalue weighted by molar-refractivity contribution is 7.89. The van der Waals surface area contributed by atoms with Crippen molar-refractivity contribution in [2.75, 3.05) is 32.8 Å². The Morgan fingerprint density at radius 3 is 2.60 bits per heavy atom. The number of piperidine rings is 1. The van der Waals surface area contributed by atoms with E-state index in [-0.39, 0.29) is 11.6 Å². The van der Waals surface area contributed by atoms with Gasteiger partial charge in [-0.25, -0.2) is 21.5 Å². The summed E-state index contributed by atoms with van der Waals surface area (Å²) in [5.41, 5.74) is 6.49. The molecule has 0 aromatic heterocycles. The Kier molecular flexibility index (Phi) is 6.20. The van der Waals surface area contributed by atoms with E-state index in [1.165, 1.54) is 0 Å². The van der Waals surface area contributed by atoms with E-state index in [1.807, 2.05) is 0 Å². The Labute approximate surface area is 177 Å². The summed E-state index contributed by atoms with van der Waals surface area (Å²) in [4.78, 5) is 2.35. The fourth-order valence-corrected chi connectivity index (χ4v) is 6.51. The Morgan fingerprint density at radius 2 is 1.90 bits per heavy atom. The largest absolute Gasteiger partial charge is 0.370 e. The molecule has 3 heterocycles. The maximum atomic E-state index is 14.1. The fraction of sp³-hybridized carbons (Fsp3) is 0.714. The minimum absolute atomic E-state index is 0.105. The van der Waals surface area contributed by atoms with Crippen molar-refractivity contribution in [1.29, 1.82) is 0 Å². The number of rotatable bonds is 4. The van der Waals surface area contributed by atoms with Crippen LogP contribution < -0.4 is 5.73 Å². The number of sulfonamides is 1. The van der Waals surface area contributed by atoms with Crippen LogP contribution in [0.3, 0.4) is 0 Å². The van der Waals surface area contributed by atoms with Gasteiger partial charge in [0.1, 0.15) is 17.7 Å². The average Bonchev–Trinajstić information content (AvgIpc) is 3.13. The van der Waals surface area contributed by atoms with Crippen LogP contribution in [0.5, 0.6) is 0 Å². The number of nitrogens with zero attached hydrogens (tertiary/aromatic N) is 2. The normalized spacial score (nSPS) is 33.7. The number of hydrogen-bond donors (Lipinski definition) is 1. The summed E-state index contributed by atoms with van der Waals surface area (Å²) < 4.78 is 60.4. The lowest BCUT2D eigenvalue weighted by molar-refractivity contribution is -0.0480. The van der Waals surface area contributed by atoms with Crippen molar-refractivity contribution in [3.63, 3.8) is 0 Å². The van der Waals surface area contributed by atoms with Crippen LogP contribution in [0.4, 0.5) is 8.78 Å². The molecule has 3 aliphatic heterocycles. The molecule has 3 saturated heterocycles. The van der Waals surface area contributed by atoms with Gasteiger partial charge in [-0.3, -0.25) is 4.90 Å². The Hall–Kier alpha value is -1.13. The predicted molar refractivity (Wildman–Crippen MR) is 110 cm³/mol. The van der Waals surface area contributed by atoms with E-state index in [1.54, 1.807) is 18.2 Å². The van der Waals surface area contributed by atoms with Gasteiger partial charge in [-0.15, -0.1) is 0 Å². The molecule has 0 aliphatic carbocycles. The topological polar surface area (TPSA) is 75.9 Å². The third-order valence-electron chi connectivity index (χ3n) is 6.93. The molecule has 4 rings (SSSR count). The van der Waals surface area contributed by atoms with Crippen LogP contribution in [0.25, 0.3) is 0 Å². The minimum Gasteiger partial charge on any atom is -0.370 e. The lowest BCUT2D eigenvalue weighted by Gasteiger charge is -2.39. The zero-order valence-corrected chi connectivity index (χ0v) is 18.3. The van der Waals surface area contributed by atoms with Crippen molar-refractivity contribution in [1.82, 2.24) is 9.21 Å². The van der Waals surface area contributed by atoms with Crippen molar-refractivity contribution in [2.24, 2.45) is 17.6 Å². The highest BCUT2D eigenvalue weighted by Crippen LogP contribution is 2.37. The highest BCUT2D eigenvalue weighted by atomic mass is 32.2. The van der Waals surface area contributed by atoms with Gasteiger partial charge in [-0.2, -0.15) is 0 Å². The van der Waals surface area contributed by atoms with E-state index in [0.29, 0.717) is 38.0 Å². The molecule has 6 nitrogen and oxygen atoms in total. The number of benzene rings is 1. The molecule has 2 unspecified atom stereocenters. The molecule has 3 fully saturated rings. The Bertz CT molecular complexity index is 882. The van der Waals surface area contributed by atoms with Crippen LogP contribution in [0.15, 0.2) is 18.2 Å². The Morgan fingerprint density at radius 1 is 1.17 bits per heavy atom. The summed E-state index contributed by atoms with van der Waals surface area (Å²) in [5.74, 6) is -0.233. The summed E-state index contributed by atoms with van der Waals surface area (Å²) in [6, 6.07) is 3.03. The van der Waals surface area contributed by atoms with Crippen molar-refractivity contribution in [3.05, 3.63) is 35.4 Å². The van der Waals surface area contributed by atoms with E-state index < -0.39 is 39.1 Å². The van der Waals surface area contributed by atoms with Gasteiger partial charge in [0.25, 0.3) is 0 Å². The van der Waals surface area contributed by atoms with E-state index in [2.05, 4.69) is 4.90 Å². The second kappa shape index (κ2) is 8.43. The van der Waals surface area contributed by atoms with Crippen molar-refractivity contribution < 1.29 is 21.9 Å². The molecule has 168 valence electrons. The zero-order valence-electron chi connectivity index (χ0n) is 17.5. The number of hydrogen-bond acceptors (Lipinski definition) is 5. The molecule has 5 atom stereocenters. The highest BCUT2D eigenvalue weighted by Gasteiger charge is 2.44. The molecule has 0 radical (unpaired) electrons. The first-order valence-electron chi connectivity index (χ1n) is 10.7. The molecule has 0 bridgehead atoms. The first kappa shape index (κ1) is 22.1. The van der Waals surface area contributed by atoms with Gasteiger partial charge < -0.3 is 10.5 Å². The number of likely N-dealkylation sites (tertiary alicyclic amines) is 1. The van der Waals surface area contributed by atoms with Gasteiger partial charge in [-0.05, 0) is 56.7 Å². The molecular weight excluding hydrogens is 412 g/mol. The monoisotopic (exact) mass is 443 g/mol. The van der Waals surface area contributed by atoms with Crippen LogP contribution in [-0.4, -0.2) is 67.7 Å². The van der Waals surface area contributed by atoms with Crippen LogP contribution in [0.2, 0.25) is 0 Å². The van der Waals surface area contributed by atoms with E-state index in [4.69, 9.17) is 10.5 Å². The molecule has 1 aromatic rings. The maximum absolute atomic E-state index is 14.1. The van der Waals surface area contributed by atoms with E-state index in [9.17, 15) is 17.2 Å². The van der Waals surface area contributed by atoms with Gasteiger partial charge in [0.2, 0.25) is 10.0 Å². The summed E-state index contributed by atoms with van der Waals surface area (Å²) in [5, 5.41) is -0.406. The maximum Gasteiger partial charge on any atom is 0.216 e. The van der Waals surface area contributed by atoms with E-state index in [0.717, 1.165) is 37.7 Å². The average molecular weight is 444 g/mol. The molecule has 0 spiro atoms. The SMILES string of the molecule is CC(C)S(=O)(=O)N1CCC2CN([C@H]3CO[C@H](c4cc(F)ccc4F)[C@@H](N)C3)CC2C1.